The third-order valence-electron chi connectivity index (χ3n) is 6.78. The summed E-state index contributed by atoms with van der Waals surface area (Å²) < 4.78 is 0. The molecule has 1 N–H and O–H groups in total. The molecule has 5 fully saturated rings. The van der Waals surface area contributed by atoms with E-state index in [1.54, 1.807) is 0 Å². The van der Waals surface area contributed by atoms with Gasteiger partial charge in [0.25, 0.3) is 0 Å². The van der Waals surface area contributed by atoms with Crippen LogP contribution in [0.4, 0.5) is 0 Å². The summed E-state index contributed by atoms with van der Waals surface area (Å²) in [5.41, 5.74) is 1.52. The lowest BCUT2D eigenvalue weighted by atomic mass is 9.53. The van der Waals surface area contributed by atoms with Crippen LogP contribution in [0.25, 0.3) is 0 Å². The molecular weight excluding hydrogens is 270 g/mol. The Bertz CT molecular complexity index is 558. The van der Waals surface area contributed by atoms with Crippen LogP contribution in [-0.2, 0) is 4.79 Å². The van der Waals surface area contributed by atoms with Crippen molar-refractivity contribution in [1.82, 2.24) is 5.32 Å². The number of hydrogen-bond acceptors (Lipinski definition) is 1. The second-order valence-corrected chi connectivity index (χ2v) is 8.55. The molecule has 0 spiro atoms. The fraction of sp³-hybridized carbons (Fsp3) is 0.650. The van der Waals surface area contributed by atoms with Gasteiger partial charge < -0.3 is 5.32 Å². The third-order valence-corrected chi connectivity index (χ3v) is 6.78. The third kappa shape index (κ3) is 2.11. The van der Waals surface area contributed by atoms with E-state index in [1.165, 1.54) is 44.1 Å². The maximum atomic E-state index is 12.8. The first-order valence-corrected chi connectivity index (χ1v) is 9.08. The number of rotatable bonds is 3. The topological polar surface area (TPSA) is 29.1 Å². The number of nitrogens with one attached hydrogen (secondary N) is 1. The highest BCUT2D eigenvalue weighted by Gasteiger charge is 2.53. The second-order valence-electron chi connectivity index (χ2n) is 8.55. The van der Waals surface area contributed by atoms with Crippen LogP contribution in [0.3, 0.4) is 0 Å². The zero-order valence-electron chi connectivity index (χ0n) is 13.1. The zero-order valence-corrected chi connectivity index (χ0v) is 13.1. The molecule has 0 aliphatic heterocycles. The summed E-state index contributed by atoms with van der Waals surface area (Å²) in [5, 5.41) is 3.55. The summed E-state index contributed by atoms with van der Waals surface area (Å²) in [6.45, 7) is 0. The van der Waals surface area contributed by atoms with E-state index in [0.29, 0.717) is 11.8 Å². The van der Waals surface area contributed by atoms with Crippen molar-refractivity contribution in [2.75, 3.05) is 0 Å². The molecule has 2 heteroatoms. The van der Waals surface area contributed by atoms with Gasteiger partial charge in [-0.05, 0) is 74.2 Å². The molecule has 2 atom stereocenters. The maximum absolute atomic E-state index is 12.8. The van der Waals surface area contributed by atoms with Crippen molar-refractivity contribution < 1.29 is 4.79 Å². The van der Waals surface area contributed by atoms with Gasteiger partial charge in [-0.3, -0.25) is 4.79 Å². The van der Waals surface area contributed by atoms with Crippen LogP contribution < -0.4 is 5.32 Å². The Labute approximate surface area is 132 Å². The van der Waals surface area contributed by atoms with Crippen molar-refractivity contribution in [3.05, 3.63) is 35.9 Å². The molecule has 1 aromatic rings. The summed E-state index contributed by atoms with van der Waals surface area (Å²) in [5.74, 6) is 3.74. The molecule has 1 aromatic carbocycles. The minimum atomic E-state index is 0.176. The Balaban J connectivity index is 1.28. The average molecular weight is 295 g/mol. The molecule has 22 heavy (non-hydrogen) atoms. The van der Waals surface area contributed by atoms with Crippen molar-refractivity contribution >= 4 is 5.91 Å². The number of amides is 1. The largest absolute Gasteiger partial charge is 0.350 e. The van der Waals surface area contributed by atoms with E-state index in [0.717, 1.165) is 24.2 Å². The molecule has 6 rings (SSSR count). The smallest absolute Gasteiger partial charge is 0.224 e. The fourth-order valence-corrected chi connectivity index (χ4v) is 6.17. The van der Waals surface area contributed by atoms with Gasteiger partial charge in [-0.1, -0.05) is 30.3 Å². The first-order valence-electron chi connectivity index (χ1n) is 9.08. The lowest BCUT2D eigenvalue weighted by Crippen LogP contribution is -2.60. The number of benzene rings is 1. The highest BCUT2D eigenvalue weighted by molar-refractivity contribution is 5.83. The minimum Gasteiger partial charge on any atom is -0.350 e. The first kappa shape index (κ1) is 13.2. The number of carbonyl (C=O) groups is 1. The van der Waals surface area contributed by atoms with Crippen molar-refractivity contribution in [3.8, 4) is 0 Å². The maximum Gasteiger partial charge on any atom is 0.224 e. The highest BCUT2D eigenvalue weighted by atomic mass is 16.2. The van der Waals surface area contributed by atoms with Crippen molar-refractivity contribution in [1.29, 1.82) is 0 Å². The van der Waals surface area contributed by atoms with E-state index in [2.05, 4.69) is 35.6 Å². The quantitative estimate of drug-likeness (QED) is 0.901. The molecule has 0 unspecified atom stereocenters. The van der Waals surface area contributed by atoms with Gasteiger partial charge in [-0.25, -0.2) is 0 Å². The van der Waals surface area contributed by atoms with Crippen LogP contribution in [0.5, 0.6) is 0 Å². The Morgan fingerprint density at radius 3 is 2.09 bits per heavy atom. The van der Waals surface area contributed by atoms with Gasteiger partial charge in [0.15, 0.2) is 0 Å². The van der Waals surface area contributed by atoms with Gasteiger partial charge in [0.2, 0.25) is 5.91 Å². The summed E-state index contributed by atoms with van der Waals surface area (Å²) in [7, 11) is 0. The Morgan fingerprint density at radius 2 is 1.50 bits per heavy atom. The SMILES string of the molecule is O=C(NC12CC3CC(CC(C3)C1)C2)[C@@H]1C[C@H]1c1ccccc1. The van der Waals surface area contributed by atoms with E-state index in [1.807, 2.05) is 0 Å². The number of carbonyl (C=O) groups excluding carboxylic acids is 1. The molecular formula is C20H25NO. The van der Waals surface area contributed by atoms with Crippen LogP contribution in [0.2, 0.25) is 0 Å². The van der Waals surface area contributed by atoms with Crippen molar-refractivity contribution in [2.45, 2.75) is 56.4 Å². The second kappa shape index (κ2) is 4.59. The lowest BCUT2D eigenvalue weighted by molar-refractivity contribution is -0.128. The Hall–Kier alpha value is -1.31. The standard InChI is InChI=1S/C20H25NO/c22-19(18-9-17(18)16-4-2-1-3-5-16)21-20-10-13-6-14(11-20)8-15(7-13)12-20/h1-5,13-15,17-18H,6-12H2,(H,21,22)/t13?,14?,15?,17-,18+,20?/m0/s1. The van der Waals surface area contributed by atoms with Crippen LogP contribution in [0.1, 0.15) is 56.4 Å². The Morgan fingerprint density at radius 1 is 0.909 bits per heavy atom. The lowest BCUT2D eigenvalue weighted by Gasteiger charge is -2.57. The predicted molar refractivity (Wildman–Crippen MR) is 86.3 cm³/mol. The van der Waals surface area contributed by atoms with Gasteiger partial charge >= 0.3 is 0 Å². The molecule has 5 aliphatic rings. The normalized spacial score (nSPS) is 44.8. The van der Waals surface area contributed by atoms with Gasteiger partial charge in [0.1, 0.15) is 0 Å². The molecule has 0 radical (unpaired) electrons. The van der Waals surface area contributed by atoms with E-state index >= 15 is 0 Å². The van der Waals surface area contributed by atoms with Crippen LogP contribution in [-0.4, -0.2) is 11.4 Å². The molecule has 5 aliphatic carbocycles. The van der Waals surface area contributed by atoms with Crippen LogP contribution in [0.15, 0.2) is 30.3 Å². The van der Waals surface area contributed by atoms with E-state index in [9.17, 15) is 4.79 Å². The summed E-state index contributed by atoms with van der Waals surface area (Å²) in [6.07, 6.45) is 9.12. The van der Waals surface area contributed by atoms with Crippen LogP contribution >= 0.6 is 0 Å². The van der Waals surface area contributed by atoms with Gasteiger partial charge in [0, 0.05) is 11.5 Å². The summed E-state index contributed by atoms with van der Waals surface area (Å²) in [6, 6.07) is 10.6. The van der Waals surface area contributed by atoms with Crippen molar-refractivity contribution in [3.63, 3.8) is 0 Å². The minimum absolute atomic E-state index is 0.176. The fourth-order valence-electron chi connectivity index (χ4n) is 6.17. The van der Waals surface area contributed by atoms with E-state index in [4.69, 9.17) is 0 Å². The predicted octanol–water partition coefficient (Wildman–Crippen LogP) is 3.88. The van der Waals surface area contributed by atoms with Crippen LogP contribution in [0, 0.1) is 23.7 Å². The van der Waals surface area contributed by atoms with E-state index < -0.39 is 0 Å². The van der Waals surface area contributed by atoms with Gasteiger partial charge in [0.05, 0.1) is 0 Å². The first-order chi connectivity index (χ1) is 10.7. The summed E-state index contributed by atoms with van der Waals surface area (Å²) in [4.78, 5) is 12.8. The monoisotopic (exact) mass is 295 g/mol. The molecule has 0 saturated heterocycles. The molecule has 1 amide bonds. The Kier molecular flexibility index (Phi) is 2.75. The summed E-state index contributed by atoms with van der Waals surface area (Å²) >= 11 is 0. The zero-order chi connectivity index (χ0) is 14.7. The molecule has 116 valence electrons. The highest BCUT2D eigenvalue weighted by Crippen LogP contribution is 2.56. The average Bonchev–Trinajstić information content (AvgIpc) is 3.26. The van der Waals surface area contributed by atoms with Crippen molar-refractivity contribution in [2.24, 2.45) is 23.7 Å². The molecule has 4 bridgehead atoms. The number of hydrogen-bond donors (Lipinski definition) is 1. The molecule has 0 heterocycles. The molecule has 0 aromatic heterocycles. The van der Waals surface area contributed by atoms with Gasteiger partial charge in [-0.15, -0.1) is 0 Å². The van der Waals surface area contributed by atoms with Gasteiger partial charge in [-0.2, -0.15) is 0 Å². The molecule has 5 saturated carbocycles. The van der Waals surface area contributed by atoms with E-state index in [-0.39, 0.29) is 11.5 Å². The molecule has 2 nitrogen and oxygen atoms in total.